The van der Waals surface area contributed by atoms with Crippen molar-refractivity contribution >= 4 is 6.75 Å². The van der Waals surface area contributed by atoms with Gasteiger partial charge < -0.3 is 23.4 Å². The van der Waals surface area contributed by atoms with Gasteiger partial charge in [-0.25, -0.2) is 5.82 Å². The topological polar surface area (TPSA) is 46.2 Å². The molecular formula is C17H32BO5-. The molecule has 1 unspecified atom stereocenters. The second-order valence-corrected chi connectivity index (χ2v) is 6.62. The molecule has 0 spiro atoms. The fourth-order valence-corrected chi connectivity index (χ4v) is 2.42. The Morgan fingerprint density at radius 1 is 0.957 bits per heavy atom. The van der Waals surface area contributed by atoms with E-state index in [4.69, 9.17) is 23.4 Å². The van der Waals surface area contributed by atoms with Crippen LogP contribution in [0.15, 0.2) is 0 Å². The van der Waals surface area contributed by atoms with Gasteiger partial charge in [-0.15, -0.1) is 5.92 Å². The predicted molar refractivity (Wildman–Crippen MR) is 91.7 cm³/mol. The molecule has 134 valence electrons. The molecule has 1 rings (SSSR count). The van der Waals surface area contributed by atoms with E-state index in [1.807, 2.05) is 41.5 Å². The van der Waals surface area contributed by atoms with E-state index in [0.29, 0.717) is 0 Å². The zero-order chi connectivity index (χ0) is 17.3. The molecule has 23 heavy (non-hydrogen) atoms. The molecule has 6 heteroatoms. The number of hydrogen-bond donors (Lipinski definition) is 0. The Balaban J connectivity index is 2.70. The summed E-state index contributed by atoms with van der Waals surface area (Å²) >= 11 is 0. The van der Waals surface area contributed by atoms with Crippen LogP contribution in [0.1, 0.15) is 60.8 Å². The Kier molecular flexibility index (Phi) is 9.19. The highest BCUT2D eigenvalue weighted by molar-refractivity contribution is 6.69. The van der Waals surface area contributed by atoms with E-state index in [0.717, 1.165) is 25.9 Å². The van der Waals surface area contributed by atoms with E-state index in [9.17, 15) is 0 Å². The van der Waals surface area contributed by atoms with E-state index in [-0.39, 0.29) is 31.2 Å². The van der Waals surface area contributed by atoms with Crippen LogP contribution < -0.4 is 0 Å². The van der Waals surface area contributed by atoms with Crippen LogP contribution in [0.2, 0.25) is 0 Å². The Hall–Kier alpha value is -0.575. The summed E-state index contributed by atoms with van der Waals surface area (Å²) in [6, 6.07) is 0. The number of rotatable bonds is 8. The van der Waals surface area contributed by atoms with Crippen LogP contribution in [-0.2, 0) is 23.4 Å². The van der Waals surface area contributed by atoms with Gasteiger partial charge in [-0.05, 0) is 60.8 Å². The van der Waals surface area contributed by atoms with Crippen molar-refractivity contribution < 1.29 is 23.4 Å². The molecular weight excluding hydrogens is 295 g/mol. The molecule has 1 saturated heterocycles. The van der Waals surface area contributed by atoms with Crippen LogP contribution in [0.4, 0.5) is 0 Å². The smallest absolute Gasteiger partial charge is 0.457 e. The summed E-state index contributed by atoms with van der Waals surface area (Å²) in [5.41, 5.74) is 0. The fraction of sp³-hybridized carbons (Fsp3) is 0.882. The van der Waals surface area contributed by atoms with Gasteiger partial charge in [-0.3, -0.25) is 0 Å². The van der Waals surface area contributed by atoms with Crippen LogP contribution in [-0.4, -0.2) is 44.6 Å². The molecule has 0 saturated carbocycles. The summed E-state index contributed by atoms with van der Waals surface area (Å²) in [6.45, 7) is 10.6. The molecule has 0 aliphatic carbocycles. The summed E-state index contributed by atoms with van der Waals surface area (Å²) in [5, 5.41) is 0. The highest BCUT2D eigenvalue weighted by atomic mass is 16.8. The molecule has 0 aromatic heterocycles. The first kappa shape index (κ1) is 20.5. The van der Waals surface area contributed by atoms with Gasteiger partial charge >= 0.3 is 6.75 Å². The summed E-state index contributed by atoms with van der Waals surface area (Å²) in [6.07, 6.45) is 2.85. The standard InChI is InChI=1S/C17H32BO5/c1-14(2)21-18(22-15(3)4,23-16(5)6)11-9-13-20-17-10-7-8-12-19-17/h14-17H,7-8,10,12-13H2,1-6H3/q-1. The minimum absolute atomic E-state index is 0.0515. The number of ether oxygens (including phenoxy) is 2. The van der Waals surface area contributed by atoms with Crippen molar-refractivity contribution in [2.75, 3.05) is 13.2 Å². The van der Waals surface area contributed by atoms with Gasteiger partial charge in [-0.1, -0.05) is 0 Å². The fourth-order valence-electron chi connectivity index (χ4n) is 2.42. The molecule has 0 aromatic carbocycles. The SMILES string of the molecule is CC(C)O[B-](C#CCOC1CCCCO1)(OC(C)C)OC(C)C. The van der Waals surface area contributed by atoms with Crippen molar-refractivity contribution in [1.29, 1.82) is 0 Å². The number of hydrogen-bond acceptors (Lipinski definition) is 5. The van der Waals surface area contributed by atoms with Gasteiger partial charge in [0.25, 0.3) is 0 Å². The summed E-state index contributed by atoms with van der Waals surface area (Å²) < 4.78 is 28.9. The quantitative estimate of drug-likeness (QED) is 0.506. The maximum absolute atomic E-state index is 5.91. The van der Waals surface area contributed by atoms with Crippen molar-refractivity contribution in [2.45, 2.75) is 85.4 Å². The maximum Gasteiger partial charge on any atom is 0.457 e. The molecule has 0 N–H and O–H groups in total. The predicted octanol–water partition coefficient (Wildman–Crippen LogP) is 3.29. The van der Waals surface area contributed by atoms with Crippen molar-refractivity contribution in [3.05, 3.63) is 0 Å². The minimum atomic E-state index is -2.13. The summed E-state index contributed by atoms with van der Waals surface area (Å²) in [7, 11) is 0. The van der Waals surface area contributed by atoms with Crippen molar-refractivity contribution in [3.8, 4) is 11.7 Å². The van der Waals surface area contributed by atoms with E-state index in [1.54, 1.807) is 0 Å². The molecule has 0 aromatic rings. The minimum Gasteiger partial charge on any atom is -0.532 e. The third-order valence-corrected chi connectivity index (χ3v) is 3.11. The van der Waals surface area contributed by atoms with Gasteiger partial charge in [-0.2, -0.15) is 0 Å². The molecule has 0 amide bonds. The third-order valence-electron chi connectivity index (χ3n) is 3.11. The van der Waals surface area contributed by atoms with Crippen LogP contribution in [0.3, 0.4) is 0 Å². The van der Waals surface area contributed by atoms with E-state index in [1.165, 1.54) is 0 Å². The lowest BCUT2D eigenvalue weighted by Gasteiger charge is -2.42. The lowest BCUT2D eigenvalue weighted by Crippen LogP contribution is -2.50. The van der Waals surface area contributed by atoms with Gasteiger partial charge in [0.2, 0.25) is 0 Å². The molecule has 1 aliphatic heterocycles. The monoisotopic (exact) mass is 327 g/mol. The van der Waals surface area contributed by atoms with Crippen LogP contribution in [0.5, 0.6) is 0 Å². The third kappa shape index (κ3) is 8.73. The van der Waals surface area contributed by atoms with Crippen molar-refractivity contribution in [2.24, 2.45) is 0 Å². The normalized spacial score (nSPS) is 19.3. The van der Waals surface area contributed by atoms with Crippen molar-refractivity contribution in [3.63, 3.8) is 0 Å². The summed E-state index contributed by atoms with van der Waals surface area (Å²) in [5.74, 6) is 6.02. The molecule has 1 heterocycles. The second-order valence-electron chi connectivity index (χ2n) is 6.62. The molecule has 0 radical (unpaired) electrons. The van der Waals surface area contributed by atoms with Gasteiger partial charge in [0.15, 0.2) is 6.29 Å². The van der Waals surface area contributed by atoms with E-state index < -0.39 is 6.75 Å². The first-order valence-corrected chi connectivity index (χ1v) is 8.73. The Bertz CT molecular complexity index is 354. The van der Waals surface area contributed by atoms with Gasteiger partial charge in [0, 0.05) is 24.9 Å². The lowest BCUT2D eigenvalue weighted by atomic mass is 9.78. The molecule has 5 nitrogen and oxygen atoms in total. The highest BCUT2D eigenvalue weighted by Crippen LogP contribution is 2.17. The van der Waals surface area contributed by atoms with Gasteiger partial charge in [0.05, 0.1) is 0 Å². The van der Waals surface area contributed by atoms with Crippen LogP contribution in [0, 0.1) is 11.7 Å². The second kappa shape index (κ2) is 10.3. The Morgan fingerprint density at radius 3 is 1.96 bits per heavy atom. The average Bonchev–Trinajstić information content (AvgIpc) is 2.42. The van der Waals surface area contributed by atoms with E-state index >= 15 is 0 Å². The average molecular weight is 327 g/mol. The molecule has 1 atom stereocenters. The first-order chi connectivity index (χ1) is 10.8. The van der Waals surface area contributed by atoms with Crippen molar-refractivity contribution in [1.82, 2.24) is 0 Å². The molecule has 1 aliphatic rings. The zero-order valence-corrected chi connectivity index (χ0v) is 15.5. The lowest BCUT2D eigenvalue weighted by molar-refractivity contribution is -0.154. The van der Waals surface area contributed by atoms with Crippen LogP contribution >= 0.6 is 0 Å². The molecule has 1 fully saturated rings. The van der Waals surface area contributed by atoms with E-state index in [2.05, 4.69) is 11.7 Å². The van der Waals surface area contributed by atoms with Gasteiger partial charge in [0.1, 0.15) is 6.61 Å². The molecule has 0 bridgehead atoms. The zero-order valence-electron chi connectivity index (χ0n) is 15.5. The summed E-state index contributed by atoms with van der Waals surface area (Å²) in [4.78, 5) is 0. The Labute approximate surface area is 141 Å². The highest BCUT2D eigenvalue weighted by Gasteiger charge is 2.30. The Morgan fingerprint density at radius 2 is 1.52 bits per heavy atom. The largest absolute Gasteiger partial charge is 0.532 e. The maximum atomic E-state index is 5.91. The first-order valence-electron chi connectivity index (χ1n) is 8.73. The van der Waals surface area contributed by atoms with Crippen LogP contribution in [0.25, 0.3) is 0 Å².